The number of hydrogen-bond donors (Lipinski definition) is 0. The van der Waals surface area contributed by atoms with Crippen molar-refractivity contribution < 1.29 is 14.4 Å². The van der Waals surface area contributed by atoms with Crippen LogP contribution in [0.15, 0.2) is 53.6 Å². The lowest BCUT2D eigenvalue weighted by molar-refractivity contribution is -0.122. The van der Waals surface area contributed by atoms with Gasteiger partial charge in [0, 0.05) is 11.9 Å². The number of hydrazone groups is 1. The van der Waals surface area contributed by atoms with Gasteiger partial charge in [-0.3, -0.25) is 19.4 Å². The highest BCUT2D eigenvalue weighted by Crippen LogP contribution is 2.39. The van der Waals surface area contributed by atoms with Crippen LogP contribution in [-0.4, -0.2) is 29.4 Å². The average molecular weight is 382 g/mol. The van der Waals surface area contributed by atoms with E-state index >= 15 is 0 Å². The van der Waals surface area contributed by atoms with Crippen molar-refractivity contribution in [1.82, 2.24) is 0 Å². The number of carbonyl (C=O) groups is 3. The van der Waals surface area contributed by atoms with Gasteiger partial charge in [0.2, 0.25) is 5.91 Å². The quantitative estimate of drug-likeness (QED) is 0.766. The first-order chi connectivity index (χ1) is 12.9. The van der Waals surface area contributed by atoms with Crippen molar-refractivity contribution in [2.24, 2.45) is 11.0 Å². The highest BCUT2D eigenvalue weighted by Gasteiger charge is 2.58. The first-order valence-electron chi connectivity index (χ1n) is 8.48. The first kappa shape index (κ1) is 17.4. The monoisotopic (exact) mass is 381 g/mol. The van der Waals surface area contributed by atoms with Crippen molar-refractivity contribution in [2.45, 2.75) is 19.9 Å². The van der Waals surface area contributed by atoms with Crippen molar-refractivity contribution in [3.8, 4) is 0 Å². The number of carbonyl (C=O) groups excluding carboxylic acids is 3. The van der Waals surface area contributed by atoms with Crippen LogP contribution in [0, 0.1) is 12.8 Å². The van der Waals surface area contributed by atoms with Crippen molar-refractivity contribution in [3.63, 3.8) is 0 Å². The van der Waals surface area contributed by atoms with Crippen LogP contribution in [0.25, 0.3) is 0 Å². The predicted octanol–water partition coefficient (Wildman–Crippen LogP) is 2.97. The van der Waals surface area contributed by atoms with Crippen molar-refractivity contribution in [2.75, 3.05) is 9.91 Å². The number of halogens is 1. The first-order valence-corrected chi connectivity index (χ1v) is 8.86. The minimum Gasteiger partial charge on any atom is -0.293 e. The maximum absolute atomic E-state index is 13.2. The zero-order valence-electron chi connectivity index (χ0n) is 14.7. The SMILES string of the molecule is CC(=O)C1=NN(c2ccccc2)[C@H]2C(=O)N(c3cccc(Cl)c3C)C(=O)[C@@H]12. The number of rotatable bonds is 3. The van der Waals surface area contributed by atoms with Gasteiger partial charge >= 0.3 is 0 Å². The molecule has 6 nitrogen and oxygen atoms in total. The number of para-hydroxylation sites is 1. The molecule has 0 bridgehead atoms. The van der Waals surface area contributed by atoms with Crippen LogP contribution in [0.3, 0.4) is 0 Å². The van der Waals surface area contributed by atoms with Crippen LogP contribution in [0.1, 0.15) is 12.5 Å². The van der Waals surface area contributed by atoms with Crippen LogP contribution >= 0.6 is 11.6 Å². The van der Waals surface area contributed by atoms with Gasteiger partial charge in [-0.25, -0.2) is 4.90 Å². The number of benzene rings is 2. The van der Waals surface area contributed by atoms with Gasteiger partial charge in [0.25, 0.3) is 5.91 Å². The molecule has 2 amide bonds. The summed E-state index contributed by atoms with van der Waals surface area (Å²) >= 11 is 6.17. The molecule has 0 aliphatic carbocycles. The molecule has 1 saturated heterocycles. The second-order valence-electron chi connectivity index (χ2n) is 6.54. The molecule has 4 rings (SSSR count). The summed E-state index contributed by atoms with van der Waals surface area (Å²) in [5.74, 6) is -2.12. The van der Waals surface area contributed by atoms with Gasteiger partial charge in [-0.05, 0) is 36.8 Å². The summed E-state index contributed by atoms with van der Waals surface area (Å²) in [5.41, 5.74) is 1.81. The lowest BCUT2D eigenvalue weighted by Gasteiger charge is -2.23. The molecule has 2 heterocycles. The molecule has 0 spiro atoms. The Labute approximate surface area is 161 Å². The molecular weight excluding hydrogens is 366 g/mol. The Bertz CT molecular complexity index is 1000. The maximum Gasteiger partial charge on any atom is 0.259 e. The Balaban J connectivity index is 1.84. The van der Waals surface area contributed by atoms with Gasteiger partial charge < -0.3 is 0 Å². The maximum atomic E-state index is 13.2. The molecule has 0 aromatic heterocycles. The number of fused-ring (bicyclic) bond motifs is 1. The molecule has 0 N–H and O–H groups in total. The molecule has 2 aromatic carbocycles. The standard InChI is InChI=1S/C20H16ClN3O3/c1-11-14(21)9-6-10-15(11)23-19(26)16-17(12(2)25)22-24(18(16)20(23)27)13-7-4-3-5-8-13/h3-10,16,18H,1-2H3/t16-,18+/m0/s1. The molecule has 0 unspecified atom stereocenters. The minimum absolute atomic E-state index is 0.101. The smallest absolute Gasteiger partial charge is 0.259 e. The summed E-state index contributed by atoms with van der Waals surface area (Å²) in [6.07, 6.45) is 0. The largest absolute Gasteiger partial charge is 0.293 e. The van der Waals surface area contributed by atoms with Gasteiger partial charge in [-0.2, -0.15) is 5.10 Å². The number of anilines is 2. The molecule has 0 radical (unpaired) electrons. The Morgan fingerprint density at radius 3 is 2.41 bits per heavy atom. The van der Waals surface area contributed by atoms with Gasteiger partial charge in [-0.15, -0.1) is 0 Å². The summed E-state index contributed by atoms with van der Waals surface area (Å²) in [4.78, 5) is 39.7. The van der Waals surface area contributed by atoms with Crippen LogP contribution in [0.2, 0.25) is 5.02 Å². The molecule has 27 heavy (non-hydrogen) atoms. The highest BCUT2D eigenvalue weighted by molar-refractivity contribution is 6.49. The van der Waals surface area contributed by atoms with Gasteiger partial charge in [-0.1, -0.05) is 35.9 Å². The third-order valence-corrected chi connectivity index (χ3v) is 5.32. The second kappa shape index (κ2) is 6.32. The van der Waals surface area contributed by atoms with E-state index in [-0.39, 0.29) is 11.5 Å². The summed E-state index contributed by atoms with van der Waals surface area (Å²) in [7, 11) is 0. The fourth-order valence-electron chi connectivity index (χ4n) is 3.57. The number of amides is 2. The Morgan fingerprint density at radius 1 is 1.04 bits per heavy atom. The van der Waals surface area contributed by atoms with E-state index < -0.39 is 23.8 Å². The molecule has 2 aliphatic rings. The summed E-state index contributed by atoms with van der Waals surface area (Å²) in [5, 5.41) is 6.25. The van der Waals surface area contributed by atoms with E-state index in [1.165, 1.54) is 11.9 Å². The fourth-order valence-corrected chi connectivity index (χ4v) is 3.74. The third-order valence-electron chi connectivity index (χ3n) is 4.91. The Morgan fingerprint density at radius 2 is 1.74 bits per heavy atom. The van der Waals surface area contributed by atoms with E-state index in [4.69, 9.17) is 11.6 Å². The molecule has 2 aliphatic heterocycles. The van der Waals surface area contributed by atoms with Crippen LogP contribution in [0.4, 0.5) is 11.4 Å². The van der Waals surface area contributed by atoms with Gasteiger partial charge in [0.15, 0.2) is 5.78 Å². The van der Waals surface area contributed by atoms with E-state index in [9.17, 15) is 14.4 Å². The Hall–Kier alpha value is -2.99. The van der Waals surface area contributed by atoms with E-state index in [0.717, 1.165) is 4.90 Å². The van der Waals surface area contributed by atoms with Gasteiger partial charge in [0.05, 0.1) is 11.4 Å². The summed E-state index contributed by atoms with van der Waals surface area (Å²) in [6.45, 7) is 3.11. The lowest BCUT2D eigenvalue weighted by atomic mass is 9.95. The summed E-state index contributed by atoms with van der Waals surface area (Å²) in [6, 6.07) is 13.2. The normalized spacial score (nSPS) is 21.5. The molecule has 1 fully saturated rings. The molecular formula is C20H16ClN3O3. The molecule has 2 aromatic rings. The van der Waals surface area contributed by atoms with E-state index in [1.807, 2.05) is 18.2 Å². The topological polar surface area (TPSA) is 70.1 Å². The van der Waals surface area contributed by atoms with E-state index in [1.54, 1.807) is 37.3 Å². The number of Topliss-reactive ketones (excluding diaryl/α,β-unsaturated/α-hetero) is 1. The molecule has 2 atom stereocenters. The number of imide groups is 1. The van der Waals surface area contributed by atoms with Crippen molar-refractivity contribution in [1.29, 1.82) is 0 Å². The van der Waals surface area contributed by atoms with E-state index in [0.29, 0.717) is 22.0 Å². The zero-order chi connectivity index (χ0) is 19.3. The second-order valence-corrected chi connectivity index (χ2v) is 6.95. The van der Waals surface area contributed by atoms with Gasteiger partial charge in [0.1, 0.15) is 17.7 Å². The fraction of sp³-hybridized carbons (Fsp3) is 0.200. The van der Waals surface area contributed by atoms with Crippen LogP contribution < -0.4 is 9.91 Å². The van der Waals surface area contributed by atoms with Crippen molar-refractivity contribution >= 4 is 46.3 Å². The van der Waals surface area contributed by atoms with Crippen LogP contribution in [0.5, 0.6) is 0 Å². The lowest BCUT2D eigenvalue weighted by Crippen LogP contribution is -2.39. The number of hydrogen-bond acceptors (Lipinski definition) is 5. The number of ketones is 1. The third kappa shape index (κ3) is 2.56. The summed E-state index contributed by atoms with van der Waals surface area (Å²) < 4.78 is 0. The Kier molecular flexibility index (Phi) is 4.08. The van der Waals surface area contributed by atoms with Crippen LogP contribution in [-0.2, 0) is 14.4 Å². The average Bonchev–Trinajstić information content (AvgIpc) is 3.16. The van der Waals surface area contributed by atoms with E-state index in [2.05, 4.69) is 5.10 Å². The number of nitrogens with zero attached hydrogens (tertiary/aromatic N) is 3. The van der Waals surface area contributed by atoms with Crippen molar-refractivity contribution in [3.05, 3.63) is 59.1 Å². The predicted molar refractivity (Wildman–Crippen MR) is 103 cm³/mol. The molecule has 7 heteroatoms. The highest BCUT2D eigenvalue weighted by atomic mass is 35.5. The molecule has 0 saturated carbocycles. The molecule has 136 valence electrons. The minimum atomic E-state index is -0.923. The zero-order valence-corrected chi connectivity index (χ0v) is 15.5.